The first-order valence-electron chi connectivity index (χ1n) is 20.1. The third kappa shape index (κ3) is 7.63. The Morgan fingerprint density at radius 2 is 0.803 bits per heavy atom. The zero-order valence-electron chi connectivity index (χ0n) is 33.4. The molecule has 0 aromatic heterocycles. The van der Waals surface area contributed by atoms with Gasteiger partial charge in [-0.2, -0.15) is 26.3 Å². The first-order chi connectivity index (χ1) is 29.4. The number of hydrogen-bond acceptors (Lipinski definition) is 2. The molecule has 0 saturated heterocycles. The largest absolute Gasteiger partial charge is 0.411 e. The highest BCUT2D eigenvalue weighted by atomic mass is 19.4. The molecule has 0 radical (unpaired) electrons. The highest BCUT2D eigenvalue weighted by Gasteiger charge is 2.72. The minimum Gasteiger partial charge on any atom is -0.310 e. The summed E-state index contributed by atoms with van der Waals surface area (Å²) < 4.78 is 93.7. The summed E-state index contributed by atoms with van der Waals surface area (Å²) in [6.45, 7) is 5.89. The number of halogens is 6. The van der Waals surface area contributed by atoms with E-state index in [-0.39, 0.29) is 0 Å². The monoisotopic (exact) mass is 820 g/mol. The van der Waals surface area contributed by atoms with Crippen molar-refractivity contribution in [1.82, 2.24) is 0 Å². The molecule has 61 heavy (non-hydrogen) atoms. The van der Waals surface area contributed by atoms with Crippen LogP contribution in [0.5, 0.6) is 0 Å². The second-order valence-electron chi connectivity index (χ2n) is 15.1. The molecule has 0 aliphatic heterocycles. The van der Waals surface area contributed by atoms with Gasteiger partial charge in [0.1, 0.15) is 0 Å². The average Bonchev–Trinajstić information content (AvgIpc) is 3.26. The molecule has 0 fully saturated rings. The lowest BCUT2D eigenvalue weighted by molar-refractivity contribution is -0.288. The van der Waals surface area contributed by atoms with E-state index in [2.05, 4.69) is 13.5 Å². The van der Waals surface area contributed by atoms with Gasteiger partial charge in [0.2, 0.25) is 5.41 Å². The van der Waals surface area contributed by atoms with Gasteiger partial charge in [0, 0.05) is 33.5 Å². The van der Waals surface area contributed by atoms with Crippen LogP contribution in [0.25, 0.3) is 21.5 Å². The van der Waals surface area contributed by atoms with E-state index >= 15 is 26.3 Å². The van der Waals surface area contributed by atoms with Crippen molar-refractivity contribution >= 4 is 55.7 Å². The highest BCUT2D eigenvalue weighted by molar-refractivity contribution is 6.00. The Morgan fingerprint density at radius 1 is 0.443 bits per heavy atom. The Bertz CT molecular complexity index is 2750. The van der Waals surface area contributed by atoms with Gasteiger partial charge in [0.15, 0.2) is 0 Å². The van der Waals surface area contributed by atoms with Gasteiger partial charge in [0.05, 0.1) is 11.4 Å². The summed E-state index contributed by atoms with van der Waals surface area (Å²) in [6.07, 6.45) is -7.31. The molecular weight excluding hydrogens is 779 g/mol. The van der Waals surface area contributed by atoms with E-state index in [0.717, 1.165) is 75.5 Å². The van der Waals surface area contributed by atoms with Gasteiger partial charge in [-0.25, -0.2) is 0 Å². The van der Waals surface area contributed by atoms with E-state index < -0.39 is 28.9 Å². The minimum atomic E-state index is -5.77. The summed E-state index contributed by atoms with van der Waals surface area (Å²) in [5.74, 6) is 0. The van der Waals surface area contributed by atoms with Crippen LogP contribution in [0.2, 0.25) is 0 Å². The van der Waals surface area contributed by atoms with E-state index in [9.17, 15) is 0 Å². The number of aryl methyl sites for hydroxylation is 1. The van der Waals surface area contributed by atoms with Crippen molar-refractivity contribution in [3.63, 3.8) is 0 Å². The van der Waals surface area contributed by atoms with Gasteiger partial charge in [-0.15, -0.1) is 6.58 Å². The maximum absolute atomic E-state index is 15.6. The van der Waals surface area contributed by atoms with Crippen molar-refractivity contribution in [3.05, 3.63) is 217 Å². The van der Waals surface area contributed by atoms with E-state index in [4.69, 9.17) is 0 Å². The minimum absolute atomic E-state index is 0.390. The standard InChI is InChI=1S/C53H42F6N2/c1-3-11-37-21-29-43(30-22-37)60(49-19-9-15-39-13-5-7-17-47(39)49)45-33-25-41(26-34-45)51(52(54,55)56,53(57,58)59)42-27-35-46(36-28-42)61(44-31-23-38(12-4-2)24-32-44)50-20-10-16-40-14-6-8-18-48(40)50/h3,5-10,13-36H,1,4,11-12H2,2H3. The van der Waals surface area contributed by atoms with Gasteiger partial charge in [-0.1, -0.05) is 141 Å². The molecule has 0 N–H and O–H groups in total. The molecule has 0 amide bonds. The highest BCUT2D eigenvalue weighted by Crippen LogP contribution is 2.57. The van der Waals surface area contributed by atoms with Gasteiger partial charge in [-0.3, -0.25) is 0 Å². The summed E-state index contributed by atoms with van der Waals surface area (Å²) in [5.41, 5.74) is -0.479. The quantitative estimate of drug-likeness (QED) is 0.0895. The molecule has 0 heterocycles. The fraction of sp³-hybridized carbons (Fsp3) is 0.132. The van der Waals surface area contributed by atoms with E-state index in [1.54, 1.807) is 6.08 Å². The third-order valence-electron chi connectivity index (χ3n) is 11.3. The lowest BCUT2D eigenvalue weighted by Gasteiger charge is -2.39. The molecule has 2 nitrogen and oxygen atoms in total. The first kappa shape index (κ1) is 41.0. The zero-order chi connectivity index (χ0) is 42.8. The number of nitrogens with zero attached hydrogens (tertiary/aromatic N) is 2. The Kier molecular flexibility index (Phi) is 11.2. The predicted octanol–water partition coefficient (Wildman–Crippen LogP) is 16.0. The Balaban J connectivity index is 1.25. The van der Waals surface area contributed by atoms with E-state index in [1.165, 1.54) is 24.3 Å². The Labute approximate surface area is 351 Å². The molecule has 8 rings (SSSR count). The van der Waals surface area contributed by atoms with Gasteiger partial charge >= 0.3 is 12.4 Å². The van der Waals surface area contributed by atoms with Crippen LogP contribution < -0.4 is 9.80 Å². The van der Waals surface area contributed by atoms with Crippen LogP contribution in [0.1, 0.15) is 35.6 Å². The lowest BCUT2D eigenvalue weighted by atomic mass is 9.72. The fourth-order valence-electron chi connectivity index (χ4n) is 8.41. The molecular formula is C53H42F6N2. The van der Waals surface area contributed by atoms with Crippen molar-refractivity contribution in [2.45, 2.75) is 44.0 Å². The molecule has 0 aliphatic rings. The van der Waals surface area contributed by atoms with Crippen LogP contribution in [0.15, 0.2) is 195 Å². The van der Waals surface area contributed by atoms with Crippen LogP contribution >= 0.6 is 0 Å². The summed E-state index contributed by atoms with van der Waals surface area (Å²) in [6, 6.07) is 51.4. The maximum atomic E-state index is 15.6. The number of fused-ring (bicyclic) bond motifs is 2. The smallest absolute Gasteiger partial charge is 0.310 e. The number of rotatable bonds is 12. The molecule has 0 atom stereocenters. The van der Waals surface area contributed by atoms with Crippen LogP contribution in [0, 0.1) is 0 Å². The number of alkyl halides is 6. The zero-order valence-corrected chi connectivity index (χ0v) is 33.4. The Morgan fingerprint density at radius 3 is 1.18 bits per heavy atom. The predicted molar refractivity (Wildman–Crippen MR) is 238 cm³/mol. The number of anilines is 6. The van der Waals surface area contributed by atoms with Crippen LogP contribution in [-0.4, -0.2) is 12.4 Å². The molecule has 0 aliphatic carbocycles. The summed E-state index contributed by atoms with van der Waals surface area (Å²) in [4.78, 5) is 3.71. The van der Waals surface area contributed by atoms with Crippen LogP contribution in [0.3, 0.4) is 0 Å². The summed E-state index contributed by atoms with van der Waals surface area (Å²) in [5, 5.41) is 3.59. The third-order valence-corrected chi connectivity index (χ3v) is 11.3. The van der Waals surface area contributed by atoms with Crippen molar-refractivity contribution in [3.8, 4) is 0 Å². The first-order valence-corrected chi connectivity index (χ1v) is 20.1. The molecule has 0 bridgehead atoms. The number of allylic oxidation sites excluding steroid dienone is 1. The van der Waals surface area contributed by atoms with Crippen molar-refractivity contribution in [1.29, 1.82) is 0 Å². The maximum Gasteiger partial charge on any atom is 0.411 e. The average molecular weight is 821 g/mol. The summed E-state index contributed by atoms with van der Waals surface area (Å²) in [7, 11) is 0. The second-order valence-corrected chi connectivity index (χ2v) is 15.1. The number of benzene rings is 8. The second kappa shape index (κ2) is 16.7. The van der Waals surface area contributed by atoms with Crippen molar-refractivity contribution in [2.75, 3.05) is 9.80 Å². The van der Waals surface area contributed by atoms with Crippen molar-refractivity contribution in [2.24, 2.45) is 0 Å². The molecule has 8 heteroatoms. The van der Waals surface area contributed by atoms with Crippen LogP contribution in [-0.2, 0) is 18.3 Å². The number of hydrogen-bond donors (Lipinski definition) is 0. The molecule has 0 unspecified atom stereocenters. The van der Waals surface area contributed by atoms with E-state index in [1.807, 2.05) is 143 Å². The van der Waals surface area contributed by atoms with Gasteiger partial charge in [-0.05, 0) is 107 Å². The molecule has 8 aromatic rings. The topological polar surface area (TPSA) is 6.48 Å². The molecule has 0 spiro atoms. The fourth-order valence-corrected chi connectivity index (χ4v) is 8.41. The lowest BCUT2D eigenvalue weighted by Crippen LogP contribution is -2.54. The molecule has 8 aromatic carbocycles. The SMILES string of the molecule is C=CCc1ccc(N(c2ccc(C(c3ccc(N(c4ccc(CCC)cc4)c4cccc5ccccc45)cc3)(C(F)(F)F)C(F)(F)F)cc2)c2cccc3ccccc23)cc1. The van der Waals surface area contributed by atoms with Crippen molar-refractivity contribution < 1.29 is 26.3 Å². The van der Waals surface area contributed by atoms with Gasteiger partial charge in [0.25, 0.3) is 0 Å². The molecule has 306 valence electrons. The van der Waals surface area contributed by atoms with E-state index in [0.29, 0.717) is 34.9 Å². The Hall–Kier alpha value is -6.80. The van der Waals surface area contributed by atoms with Crippen LogP contribution in [0.4, 0.5) is 60.5 Å². The van der Waals surface area contributed by atoms with Gasteiger partial charge < -0.3 is 9.80 Å². The normalized spacial score (nSPS) is 12.1. The molecule has 0 saturated carbocycles. The summed E-state index contributed by atoms with van der Waals surface area (Å²) >= 11 is 0.